The first kappa shape index (κ1) is 26.9. The van der Waals surface area contributed by atoms with E-state index < -0.39 is 11.9 Å². The Morgan fingerprint density at radius 3 is 2.08 bits per heavy atom. The topological polar surface area (TPSA) is 96.3 Å². The van der Waals surface area contributed by atoms with Gasteiger partial charge in [0.15, 0.2) is 0 Å². The Morgan fingerprint density at radius 2 is 1.53 bits per heavy atom. The lowest BCUT2D eigenvalue weighted by atomic mass is 9.90. The van der Waals surface area contributed by atoms with E-state index in [2.05, 4.69) is 83.8 Å². The second-order valence-corrected chi connectivity index (χ2v) is 8.60. The van der Waals surface area contributed by atoms with Gasteiger partial charge in [-0.05, 0) is 54.1 Å². The minimum Gasteiger partial charge on any atom is -0.497 e. The first-order valence-electron chi connectivity index (χ1n) is 12.0. The lowest BCUT2D eigenvalue weighted by Gasteiger charge is -2.33. The number of carboxylic acid groups (broad SMARTS) is 2. The van der Waals surface area contributed by atoms with Gasteiger partial charge in [-0.15, -0.1) is 0 Å². The third-order valence-corrected chi connectivity index (χ3v) is 6.15. The highest BCUT2D eigenvalue weighted by atomic mass is 16.5. The Labute approximate surface area is 211 Å². The van der Waals surface area contributed by atoms with Crippen molar-refractivity contribution in [3.63, 3.8) is 0 Å². The van der Waals surface area contributed by atoms with Crippen LogP contribution in [0.1, 0.15) is 41.6 Å². The van der Waals surface area contributed by atoms with E-state index in [1.807, 2.05) is 6.07 Å². The quantitative estimate of drug-likeness (QED) is 0.436. The monoisotopic (exact) mass is 491 g/mol. The van der Waals surface area contributed by atoms with Crippen molar-refractivity contribution in [1.82, 2.24) is 4.90 Å². The number of carbonyl (C=O) groups is 2. The van der Waals surface area contributed by atoms with Crippen LogP contribution in [0, 0.1) is 0 Å². The van der Waals surface area contributed by atoms with Crippen molar-refractivity contribution in [2.75, 3.05) is 33.4 Å². The fourth-order valence-corrected chi connectivity index (χ4v) is 4.37. The van der Waals surface area contributed by atoms with Crippen LogP contribution in [0.15, 0.2) is 84.9 Å². The molecule has 0 amide bonds. The molecular weight excluding hydrogens is 458 g/mol. The molecule has 3 aromatic rings. The van der Waals surface area contributed by atoms with Crippen LogP contribution in [-0.2, 0) is 14.3 Å². The summed E-state index contributed by atoms with van der Waals surface area (Å²) in [5.41, 5.74) is 3.79. The van der Waals surface area contributed by atoms with Gasteiger partial charge in [0, 0.05) is 13.1 Å². The first-order valence-corrected chi connectivity index (χ1v) is 12.0. The number of likely N-dealkylation sites (tertiary alicyclic amines) is 1. The van der Waals surface area contributed by atoms with Gasteiger partial charge in [0.1, 0.15) is 11.9 Å². The van der Waals surface area contributed by atoms with Crippen LogP contribution in [-0.4, -0.2) is 60.4 Å². The van der Waals surface area contributed by atoms with E-state index in [9.17, 15) is 0 Å². The predicted molar refractivity (Wildman–Crippen MR) is 137 cm³/mol. The molecule has 36 heavy (non-hydrogen) atoms. The number of ether oxygens (including phenoxy) is 2. The SMILES string of the molecule is COc1cccc(C2CCCN(CCOC(c3ccccc3)c3ccccc3)C2)c1.O=C(O)C(=O)O. The van der Waals surface area contributed by atoms with E-state index >= 15 is 0 Å². The zero-order valence-corrected chi connectivity index (χ0v) is 20.5. The highest BCUT2D eigenvalue weighted by molar-refractivity contribution is 6.27. The molecule has 1 atom stereocenters. The fourth-order valence-electron chi connectivity index (χ4n) is 4.37. The van der Waals surface area contributed by atoms with Crippen LogP contribution >= 0.6 is 0 Å². The molecule has 7 nitrogen and oxygen atoms in total. The largest absolute Gasteiger partial charge is 0.497 e. The molecule has 0 radical (unpaired) electrons. The molecule has 1 heterocycles. The van der Waals surface area contributed by atoms with Crippen molar-refractivity contribution in [2.45, 2.75) is 24.9 Å². The lowest BCUT2D eigenvalue weighted by Crippen LogP contribution is -2.36. The molecule has 1 fully saturated rings. The highest BCUT2D eigenvalue weighted by Gasteiger charge is 2.22. The van der Waals surface area contributed by atoms with E-state index in [4.69, 9.17) is 29.3 Å². The third kappa shape index (κ3) is 8.22. The normalized spacial score (nSPS) is 15.6. The number of piperidine rings is 1. The van der Waals surface area contributed by atoms with Crippen LogP contribution in [0.3, 0.4) is 0 Å². The van der Waals surface area contributed by atoms with E-state index in [-0.39, 0.29) is 6.10 Å². The van der Waals surface area contributed by atoms with Crippen LogP contribution in [0.4, 0.5) is 0 Å². The number of rotatable bonds is 8. The van der Waals surface area contributed by atoms with Crippen molar-refractivity contribution >= 4 is 11.9 Å². The van der Waals surface area contributed by atoms with Gasteiger partial charge in [0.05, 0.1) is 13.7 Å². The van der Waals surface area contributed by atoms with Crippen LogP contribution in [0.2, 0.25) is 0 Å². The molecule has 1 aliphatic rings. The van der Waals surface area contributed by atoms with Crippen LogP contribution < -0.4 is 4.74 Å². The average Bonchev–Trinajstić information content (AvgIpc) is 2.92. The standard InChI is InChI=1S/C27H31NO2.C2H2O4/c1-29-26-16-8-14-24(20-26)25-15-9-17-28(21-25)18-19-30-27(22-10-4-2-5-11-22)23-12-6-3-7-13-23;3-1(4)2(5)6/h2-8,10-14,16,20,25,27H,9,15,17-19,21H2,1H3;(H,3,4)(H,5,6). The van der Waals surface area contributed by atoms with Gasteiger partial charge >= 0.3 is 11.9 Å². The van der Waals surface area contributed by atoms with Gasteiger partial charge in [-0.3, -0.25) is 0 Å². The van der Waals surface area contributed by atoms with Crippen molar-refractivity contribution in [3.05, 3.63) is 102 Å². The summed E-state index contributed by atoms with van der Waals surface area (Å²) >= 11 is 0. The summed E-state index contributed by atoms with van der Waals surface area (Å²) in [7, 11) is 1.74. The summed E-state index contributed by atoms with van der Waals surface area (Å²) in [5.74, 6) is -2.14. The molecule has 3 aromatic carbocycles. The van der Waals surface area contributed by atoms with Crippen molar-refractivity contribution in [1.29, 1.82) is 0 Å². The minimum absolute atomic E-state index is 0.0219. The maximum absolute atomic E-state index is 9.10. The molecule has 7 heteroatoms. The summed E-state index contributed by atoms with van der Waals surface area (Å²) in [6, 6.07) is 29.6. The number of hydrogen-bond donors (Lipinski definition) is 2. The molecule has 0 saturated carbocycles. The molecule has 1 saturated heterocycles. The van der Waals surface area contributed by atoms with Crippen LogP contribution in [0.5, 0.6) is 5.75 Å². The molecule has 0 bridgehead atoms. The van der Waals surface area contributed by atoms with Crippen molar-refractivity contribution in [2.24, 2.45) is 0 Å². The highest BCUT2D eigenvalue weighted by Crippen LogP contribution is 2.30. The number of aliphatic carboxylic acids is 2. The number of nitrogens with zero attached hydrogens (tertiary/aromatic N) is 1. The molecule has 1 unspecified atom stereocenters. The van der Waals surface area contributed by atoms with Gasteiger partial charge in [-0.25, -0.2) is 9.59 Å². The number of hydrogen-bond acceptors (Lipinski definition) is 5. The summed E-state index contributed by atoms with van der Waals surface area (Å²) < 4.78 is 11.8. The molecule has 190 valence electrons. The minimum atomic E-state index is -1.82. The molecule has 0 aromatic heterocycles. The van der Waals surface area contributed by atoms with Gasteiger partial charge in [-0.1, -0.05) is 72.8 Å². The second kappa shape index (κ2) is 14.0. The van der Waals surface area contributed by atoms with E-state index in [1.54, 1.807) is 7.11 Å². The molecular formula is C29H33NO6. The second-order valence-electron chi connectivity index (χ2n) is 8.60. The average molecular weight is 492 g/mol. The Bertz CT molecular complexity index is 1040. The molecule has 4 rings (SSSR count). The molecule has 2 N–H and O–H groups in total. The van der Waals surface area contributed by atoms with Crippen LogP contribution in [0.25, 0.3) is 0 Å². The van der Waals surface area contributed by atoms with Gasteiger partial charge in [0.25, 0.3) is 0 Å². The smallest absolute Gasteiger partial charge is 0.414 e. The molecule has 0 spiro atoms. The van der Waals surface area contributed by atoms with E-state index in [0.717, 1.165) is 32.0 Å². The predicted octanol–water partition coefficient (Wildman–Crippen LogP) is 4.84. The zero-order chi connectivity index (χ0) is 25.8. The fraction of sp³-hybridized carbons (Fsp3) is 0.310. The van der Waals surface area contributed by atoms with Gasteiger partial charge < -0.3 is 24.6 Å². The maximum atomic E-state index is 9.10. The number of methoxy groups -OCH3 is 1. The summed E-state index contributed by atoms with van der Waals surface area (Å²) in [6.07, 6.45) is 2.44. The maximum Gasteiger partial charge on any atom is 0.414 e. The van der Waals surface area contributed by atoms with Crippen molar-refractivity contribution < 1.29 is 29.3 Å². The summed E-state index contributed by atoms with van der Waals surface area (Å²) in [5, 5.41) is 14.8. The lowest BCUT2D eigenvalue weighted by molar-refractivity contribution is -0.159. The van der Waals surface area contributed by atoms with Crippen molar-refractivity contribution in [3.8, 4) is 5.75 Å². The van der Waals surface area contributed by atoms with E-state index in [1.165, 1.54) is 29.5 Å². The Morgan fingerprint density at radius 1 is 0.917 bits per heavy atom. The number of benzene rings is 3. The summed E-state index contributed by atoms with van der Waals surface area (Å²) in [6.45, 7) is 3.90. The zero-order valence-electron chi connectivity index (χ0n) is 20.5. The summed E-state index contributed by atoms with van der Waals surface area (Å²) in [4.78, 5) is 20.7. The van der Waals surface area contributed by atoms with Gasteiger partial charge in [0.2, 0.25) is 0 Å². The number of carboxylic acids is 2. The Balaban J connectivity index is 0.000000538. The van der Waals surface area contributed by atoms with Gasteiger partial charge in [-0.2, -0.15) is 0 Å². The molecule has 1 aliphatic heterocycles. The third-order valence-electron chi connectivity index (χ3n) is 6.15. The Hall–Kier alpha value is -3.68. The van der Waals surface area contributed by atoms with E-state index in [0.29, 0.717) is 5.92 Å². The molecule has 0 aliphatic carbocycles. The Kier molecular flexibility index (Phi) is 10.5. The first-order chi connectivity index (χ1) is 17.5.